The Morgan fingerprint density at radius 2 is 1.89 bits per heavy atom. The first-order chi connectivity index (χ1) is 13.6. The summed E-state index contributed by atoms with van der Waals surface area (Å²) in [6.07, 6.45) is 1.60. The molecule has 5 heteroatoms. The number of H-pyrrole nitrogens is 1. The summed E-state index contributed by atoms with van der Waals surface area (Å²) < 4.78 is 0. The predicted octanol–water partition coefficient (Wildman–Crippen LogP) is 3.57. The molecule has 0 fully saturated rings. The Kier molecular flexibility index (Phi) is 3.63. The quantitative estimate of drug-likeness (QED) is 0.747. The van der Waals surface area contributed by atoms with E-state index < -0.39 is 5.54 Å². The minimum Gasteiger partial charge on any atom is -0.355 e. The van der Waals surface area contributed by atoms with Gasteiger partial charge in [-0.3, -0.25) is 9.59 Å². The lowest BCUT2D eigenvalue weighted by atomic mass is 9.80. The second-order valence-corrected chi connectivity index (χ2v) is 7.63. The molecule has 0 saturated carbocycles. The predicted molar refractivity (Wildman–Crippen MR) is 109 cm³/mol. The first-order valence-electron chi connectivity index (χ1n) is 9.90. The number of aromatic nitrogens is 1. The number of hydrogen-bond acceptors (Lipinski definition) is 2. The van der Waals surface area contributed by atoms with Crippen molar-refractivity contribution in [2.75, 3.05) is 18.0 Å². The number of aromatic amines is 1. The number of rotatable bonds is 2. The highest BCUT2D eigenvalue weighted by Gasteiger charge is 2.59. The van der Waals surface area contributed by atoms with Crippen LogP contribution in [0.2, 0.25) is 0 Å². The molecule has 142 valence electrons. The van der Waals surface area contributed by atoms with Crippen molar-refractivity contribution in [2.45, 2.75) is 32.2 Å². The van der Waals surface area contributed by atoms with Crippen LogP contribution in [0.25, 0.3) is 10.9 Å². The third-order valence-electron chi connectivity index (χ3n) is 6.13. The molecule has 2 aromatic carbocycles. The van der Waals surface area contributed by atoms with Crippen LogP contribution in [0, 0.1) is 0 Å². The molecule has 0 unspecified atom stereocenters. The summed E-state index contributed by atoms with van der Waals surface area (Å²) in [6, 6.07) is 16.1. The van der Waals surface area contributed by atoms with E-state index in [1.807, 2.05) is 47.4 Å². The van der Waals surface area contributed by atoms with Gasteiger partial charge in [0, 0.05) is 36.5 Å². The largest absolute Gasteiger partial charge is 0.355 e. The van der Waals surface area contributed by atoms with Crippen molar-refractivity contribution in [3.63, 3.8) is 0 Å². The van der Waals surface area contributed by atoms with Gasteiger partial charge in [0.05, 0.1) is 11.4 Å². The van der Waals surface area contributed by atoms with Crippen molar-refractivity contribution >= 4 is 28.4 Å². The van der Waals surface area contributed by atoms with Crippen molar-refractivity contribution in [2.24, 2.45) is 0 Å². The fraction of sp³-hybridized carbons (Fsp3) is 0.304. The minimum absolute atomic E-state index is 0.0294. The topological polar surface area (TPSA) is 56.4 Å². The molecule has 0 radical (unpaired) electrons. The molecule has 2 aliphatic heterocycles. The highest BCUT2D eigenvalue weighted by Crippen LogP contribution is 2.51. The van der Waals surface area contributed by atoms with Crippen LogP contribution < -0.4 is 4.90 Å². The first-order valence-corrected chi connectivity index (χ1v) is 9.90. The molecule has 3 aromatic rings. The van der Waals surface area contributed by atoms with E-state index in [4.69, 9.17) is 0 Å². The third kappa shape index (κ3) is 1.96. The van der Waals surface area contributed by atoms with Gasteiger partial charge in [0.25, 0.3) is 5.91 Å². The Bertz CT molecular complexity index is 1120. The zero-order valence-electron chi connectivity index (χ0n) is 16.2. The Hall–Kier alpha value is -3.08. The maximum atomic E-state index is 14.0. The molecule has 0 bridgehead atoms. The number of anilines is 1. The molecule has 1 atom stereocenters. The Labute approximate surface area is 163 Å². The lowest BCUT2D eigenvalue weighted by Gasteiger charge is -2.43. The van der Waals surface area contributed by atoms with Gasteiger partial charge in [0.1, 0.15) is 0 Å². The molecule has 0 saturated heterocycles. The Morgan fingerprint density at radius 3 is 2.68 bits per heavy atom. The van der Waals surface area contributed by atoms with Crippen LogP contribution in [0.4, 0.5) is 5.69 Å². The summed E-state index contributed by atoms with van der Waals surface area (Å²) in [7, 11) is 0. The van der Waals surface area contributed by atoms with E-state index in [0.29, 0.717) is 13.1 Å². The number of fused-ring (bicyclic) bond motifs is 6. The minimum atomic E-state index is -1.11. The average molecular weight is 373 g/mol. The summed E-state index contributed by atoms with van der Waals surface area (Å²) in [5, 5.41) is 1.14. The number of carbonyl (C=O) groups is 2. The van der Waals surface area contributed by atoms with Crippen LogP contribution in [0.1, 0.15) is 37.1 Å². The average Bonchev–Trinajstić information content (AvgIpc) is 3.19. The number of nitrogens with one attached hydrogen (secondary N) is 1. The second-order valence-electron chi connectivity index (χ2n) is 7.63. The van der Waals surface area contributed by atoms with Gasteiger partial charge in [0.2, 0.25) is 5.91 Å². The third-order valence-corrected chi connectivity index (χ3v) is 6.13. The Morgan fingerprint density at radius 1 is 1.14 bits per heavy atom. The normalized spacial score (nSPS) is 20.7. The number of carbonyl (C=O) groups excluding carboxylic acids is 2. The van der Waals surface area contributed by atoms with Gasteiger partial charge in [-0.25, -0.2) is 0 Å². The smallest absolute Gasteiger partial charge is 0.263 e. The molecular formula is C23H23N3O2. The van der Waals surface area contributed by atoms with E-state index in [2.05, 4.69) is 18.0 Å². The summed E-state index contributed by atoms with van der Waals surface area (Å²) in [4.78, 5) is 33.9. The van der Waals surface area contributed by atoms with Crippen LogP contribution in [0.5, 0.6) is 0 Å². The standard InChI is InChI=1S/C23H23N3O2/c1-3-13-25-20-11-7-5-9-18(20)23(22(25)28)21-17(12-14-26(23)15(2)27)16-8-4-6-10-19(16)24-21/h4-11,24H,3,12-14H2,1-2H3/t23-/m0/s1. The molecule has 28 heavy (non-hydrogen) atoms. The number of benzene rings is 2. The van der Waals surface area contributed by atoms with Gasteiger partial charge in [-0.15, -0.1) is 0 Å². The number of amides is 2. The van der Waals surface area contributed by atoms with E-state index in [-0.39, 0.29) is 11.8 Å². The summed E-state index contributed by atoms with van der Waals surface area (Å²) in [5.74, 6) is -0.107. The van der Waals surface area contributed by atoms with E-state index in [0.717, 1.165) is 46.3 Å². The molecular weight excluding hydrogens is 350 g/mol. The van der Waals surface area contributed by atoms with Crippen molar-refractivity contribution in [1.29, 1.82) is 0 Å². The summed E-state index contributed by atoms with van der Waals surface area (Å²) in [6.45, 7) is 4.80. The maximum absolute atomic E-state index is 14.0. The van der Waals surface area contributed by atoms with Crippen LogP contribution in [-0.2, 0) is 21.5 Å². The van der Waals surface area contributed by atoms with Gasteiger partial charge >= 0.3 is 0 Å². The van der Waals surface area contributed by atoms with Crippen LogP contribution in [0.15, 0.2) is 48.5 Å². The molecule has 1 aromatic heterocycles. The van der Waals surface area contributed by atoms with E-state index in [1.165, 1.54) is 0 Å². The Balaban J connectivity index is 1.88. The maximum Gasteiger partial charge on any atom is 0.263 e. The zero-order chi connectivity index (χ0) is 19.5. The summed E-state index contributed by atoms with van der Waals surface area (Å²) >= 11 is 0. The SMILES string of the molecule is CCCN1C(=O)[C@]2(c3ccccc31)c1[nH]c3ccccc3c1CCN2C(C)=O. The summed E-state index contributed by atoms with van der Waals surface area (Å²) in [5.41, 5.74) is 3.71. The van der Waals surface area contributed by atoms with Gasteiger partial charge in [-0.2, -0.15) is 0 Å². The van der Waals surface area contributed by atoms with E-state index >= 15 is 0 Å². The van der Waals surface area contributed by atoms with Crippen molar-refractivity contribution in [1.82, 2.24) is 9.88 Å². The molecule has 1 spiro atoms. The molecule has 1 N–H and O–H groups in total. The lowest BCUT2D eigenvalue weighted by Crippen LogP contribution is -2.58. The van der Waals surface area contributed by atoms with Crippen molar-refractivity contribution in [3.8, 4) is 0 Å². The number of para-hydroxylation sites is 2. The monoisotopic (exact) mass is 373 g/mol. The van der Waals surface area contributed by atoms with Crippen LogP contribution in [0.3, 0.4) is 0 Å². The van der Waals surface area contributed by atoms with Crippen LogP contribution >= 0.6 is 0 Å². The van der Waals surface area contributed by atoms with Gasteiger partial charge in [-0.05, 0) is 30.5 Å². The highest BCUT2D eigenvalue weighted by molar-refractivity contribution is 6.12. The van der Waals surface area contributed by atoms with Gasteiger partial charge in [-0.1, -0.05) is 43.3 Å². The number of hydrogen-bond donors (Lipinski definition) is 1. The first kappa shape index (κ1) is 17.0. The van der Waals surface area contributed by atoms with Crippen molar-refractivity contribution in [3.05, 3.63) is 65.4 Å². The number of nitrogens with zero attached hydrogens (tertiary/aromatic N) is 2. The molecule has 0 aliphatic carbocycles. The molecule has 5 nitrogen and oxygen atoms in total. The van der Waals surface area contributed by atoms with Gasteiger partial charge < -0.3 is 14.8 Å². The van der Waals surface area contributed by atoms with Crippen LogP contribution in [-0.4, -0.2) is 34.8 Å². The molecule has 2 aliphatic rings. The fourth-order valence-corrected chi connectivity index (χ4v) is 5.07. The van der Waals surface area contributed by atoms with Crippen molar-refractivity contribution < 1.29 is 9.59 Å². The molecule has 5 rings (SSSR count). The second kappa shape index (κ2) is 5.96. The lowest BCUT2D eigenvalue weighted by molar-refractivity contribution is -0.143. The zero-order valence-corrected chi connectivity index (χ0v) is 16.2. The van der Waals surface area contributed by atoms with E-state index in [9.17, 15) is 9.59 Å². The van der Waals surface area contributed by atoms with E-state index in [1.54, 1.807) is 11.8 Å². The highest BCUT2D eigenvalue weighted by atomic mass is 16.2. The fourth-order valence-electron chi connectivity index (χ4n) is 5.07. The molecule has 2 amide bonds. The molecule has 3 heterocycles. The van der Waals surface area contributed by atoms with Gasteiger partial charge in [0.15, 0.2) is 5.54 Å².